The Morgan fingerprint density at radius 3 is 2.85 bits per heavy atom. The van der Waals surface area contributed by atoms with E-state index >= 15 is 0 Å². The van der Waals surface area contributed by atoms with Crippen molar-refractivity contribution in [2.45, 2.75) is 19.3 Å². The van der Waals surface area contributed by atoms with Gasteiger partial charge in [0.25, 0.3) is 0 Å². The van der Waals surface area contributed by atoms with Crippen LogP contribution in [-0.4, -0.2) is 0 Å². The molecule has 98 valence electrons. The Hall–Kier alpha value is -2.28. The Morgan fingerprint density at radius 1 is 1.05 bits per heavy atom. The number of fused-ring (bicyclic) bond motifs is 3. The molecule has 2 aromatic carbocycles. The van der Waals surface area contributed by atoms with Crippen LogP contribution < -0.4 is 0 Å². The molecule has 1 nitrogen and oxygen atoms in total. The fourth-order valence-electron chi connectivity index (χ4n) is 3.09. The molecule has 0 fully saturated rings. The highest BCUT2D eigenvalue weighted by molar-refractivity contribution is 6.07. The molecule has 0 N–H and O–H groups in total. The minimum atomic E-state index is 0.449. The monoisotopic (exact) mass is 260 g/mol. The average Bonchev–Trinajstić information content (AvgIpc) is 2.86. The zero-order chi connectivity index (χ0) is 13.5. The zero-order valence-electron chi connectivity index (χ0n) is 11.5. The van der Waals surface area contributed by atoms with Crippen LogP contribution in [0.15, 0.2) is 65.1 Å². The smallest absolute Gasteiger partial charge is 0.135 e. The quantitative estimate of drug-likeness (QED) is 0.563. The first kappa shape index (κ1) is 11.5. The maximum Gasteiger partial charge on any atom is 0.135 e. The van der Waals surface area contributed by atoms with Gasteiger partial charge >= 0.3 is 0 Å². The number of hydrogen-bond donors (Lipinski definition) is 0. The number of allylic oxidation sites excluding steroid dienone is 4. The van der Waals surface area contributed by atoms with Crippen molar-refractivity contribution >= 4 is 21.9 Å². The normalized spacial score (nSPS) is 18.1. The van der Waals surface area contributed by atoms with Crippen molar-refractivity contribution in [3.63, 3.8) is 0 Å². The van der Waals surface area contributed by atoms with Gasteiger partial charge in [0.15, 0.2) is 0 Å². The first-order chi connectivity index (χ1) is 9.83. The summed E-state index contributed by atoms with van der Waals surface area (Å²) in [5.74, 6) is 0.449. The second-order valence-electron chi connectivity index (χ2n) is 5.48. The summed E-state index contributed by atoms with van der Waals surface area (Å²) in [7, 11) is 0. The first-order valence-corrected chi connectivity index (χ1v) is 7.08. The maximum atomic E-state index is 6.00. The summed E-state index contributed by atoms with van der Waals surface area (Å²) in [6.45, 7) is 2.13. The van der Waals surface area contributed by atoms with E-state index in [2.05, 4.69) is 67.6 Å². The van der Waals surface area contributed by atoms with Gasteiger partial charge in [0.1, 0.15) is 11.2 Å². The van der Waals surface area contributed by atoms with E-state index in [0.717, 1.165) is 17.6 Å². The molecule has 0 aliphatic heterocycles. The third-order valence-electron chi connectivity index (χ3n) is 4.06. The second-order valence-corrected chi connectivity index (χ2v) is 5.48. The van der Waals surface area contributed by atoms with Gasteiger partial charge in [0, 0.05) is 16.7 Å². The molecule has 4 rings (SSSR count). The van der Waals surface area contributed by atoms with Crippen LogP contribution >= 0.6 is 0 Å². The van der Waals surface area contributed by atoms with Gasteiger partial charge < -0.3 is 4.42 Å². The van der Waals surface area contributed by atoms with Crippen molar-refractivity contribution in [2.75, 3.05) is 0 Å². The van der Waals surface area contributed by atoms with E-state index < -0.39 is 0 Å². The molecule has 0 spiro atoms. The van der Waals surface area contributed by atoms with Crippen LogP contribution in [-0.2, 0) is 0 Å². The predicted octanol–water partition coefficient (Wildman–Crippen LogP) is 5.49. The van der Waals surface area contributed by atoms with Crippen LogP contribution in [0.4, 0.5) is 0 Å². The van der Waals surface area contributed by atoms with Crippen molar-refractivity contribution in [1.82, 2.24) is 0 Å². The molecular formula is C19H16O. The van der Waals surface area contributed by atoms with E-state index in [1.807, 2.05) is 0 Å². The molecule has 1 atom stereocenters. The largest absolute Gasteiger partial charge is 0.456 e. The van der Waals surface area contributed by atoms with Crippen molar-refractivity contribution in [1.29, 1.82) is 0 Å². The maximum absolute atomic E-state index is 6.00. The minimum Gasteiger partial charge on any atom is -0.456 e. The van der Waals surface area contributed by atoms with Crippen LogP contribution in [0, 0.1) is 6.92 Å². The Kier molecular flexibility index (Phi) is 2.53. The number of rotatable bonds is 1. The lowest BCUT2D eigenvalue weighted by Crippen LogP contribution is -1.96. The zero-order valence-corrected chi connectivity index (χ0v) is 11.5. The fourth-order valence-corrected chi connectivity index (χ4v) is 3.09. The molecule has 20 heavy (non-hydrogen) atoms. The van der Waals surface area contributed by atoms with Gasteiger partial charge in [-0.2, -0.15) is 0 Å². The molecule has 1 heterocycles. The summed E-state index contributed by atoms with van der Waals surface area (Å²) >= 11 is 0. The Balaban J connectivity index is 2.05. The van der Waals surface area contributed by atoms with E-state index in [4.69, 9.17) is 4.42 Å². The molecule has 1 aromatic heterocycles. The van der Waals surface area contributed by atoms with Gasteiger partial charge in [-0.1, -0.05) is 48.1 Å². The van der Waals surface area contributed by atoms with Gasteiger partial charge in [-0.25, -0.2) is 0 Å². The topological polar surface area (TPSA) is 13.1 Å². The molecule has 0 saturated heterocycles. The van der Waals surface area contributed by atoms with E-state index in [1.165, 1.54) is 21.9 Å². The third-order valence-corrected chi connectivity index (χ3v) is 4.06. The Labute approximate surface area is 118 Å². The molecule has 1 aliphatic carbocycles. The number of aryl methyl sites for hydroxylation is 1. The van der Waals surface area contributed by atoms with Crippen LogP contribution in [0.3, 0.4) is 0 Å². The van der Waals surface area contributed by atoms with Gasteiger partial charge in [-0.15, -0.1) is 0 Å². The van der Waals surface area contributed by atoms with Crippen molar-refractivity contribution in [3.05, 3.63) is 71.8 Å². The van der Waals surface area contributed by atoms with Crippen molar-refractivity contribution in [3.8, 4) is 0 Å². The summed E-state index contributed by atoms with van der Waals surface area (Å²) in [6.07, 6.45) is 9.84. The van der Waals surface area contributed by atoms with Crippen molar-refractivity contribution in [2.24, 2.45) is 0 Å². The van der Waals surface area contributed by atoms with Crippen LogP contribution in [0.25, 0.3) is 21.9 Å². The van der Waals surface area contributed by atoms with Gasteiger partial charge in [0.05, 0.1) is 0 Å². The van der Waals surface area contributed by atoms with Gasteiger partial charge in [-0.3, -0.25) is 0 Å². The molecule has 1 heteroatoms. The molecule has 0 bridgehead atoms. The summed E-state index contributed by atoms with van der Waals surface area (Å²) < 4.78 is 6.00. The summed E-state index contributed by atoms with van der Waals surface area (Å²) in [5.41, 5.74) is 4.61. The Bertz CT molecular complexity index is 849. The lowest BCUT2D eigenvalue weighted by atomic mass is 9.89. The number of furan rings is 1. The first-order valence-electron chi connectivity index (χ1n) is 7.08. The highest BCUT2D eigenvalue weighted by Crippen LogP contribution is 2.37. The van der Waals surface area contributed by atoms with Crippen LogP contribution in [0.1, 0.15) is 23.5 Å². The summed E-state index contributed by atoms with van der Waals surface area (Å²) in [4.78, 5) is 0. The molecule has 0 saturated carbocycles. The van der Waals surface area contributed by atoms with Crippen molar-refractivity contribution < 1.29 is 4.42 Å². The van der Waals surface area contributed by atoms with E-state index in [9.17, 15) is 0 Å². The highest BCUT2D eigenvalue weighted by atomic mass is 16.3. The summed E-state index contributed by atoms with van der Waals surface area (Å²) in [5, 5.41) is 2.51. The van der Waals surface area contributed by atoms with E-state index in [-0.39, 0.29) is 0 Å². The third kappa shape index (κ3) is 1.70. The SMILES string of the molecule is Cc1ccc2oc3cccc(C4C=CC=CC4)c3c2c1. The van der Waals surface area contributed by atoms with Gasteiger partial charge in [-0.05, 0) is 37.1 Å². The average molecular weight is 260 g/mol. The lowest BCUT2D eigenvalue weighted by molar-refractivity contribution is 0.668. The molecule has 0 amide bonds. The summed E-state index contributed by atoms with van der Waals surface area (Å²) in [6, 6.07) is 12.8. The lowest BCUT2D eigenvalue weighted by Gasteiger charge is -2.14. The molecule has 1 aliphatic rings. The fraction of sp³-hybridized carbons (Fsp3) is 0.158. The molecule has 3 aromatic rings. The molecule has 0 radical (unpaired) electrons. The van der Waals surface area contributed by atoms with Crippen LogP contribution in [0.5, 0.6) is 0 Å². The predicted molar refractivity (Wildman–Crippen MR) is 84.1 cm³/mol. The van der Waals surface area contributed by atoms with Gasteiger partial charge in [0.2, 0.25) is 0 Å². The standard InChI is InChI=1S/C19H16O/c1-13-10-11-17-16(12-13)19-15(8-5-9-18(19)20-17)14-6-3-2-4-7-14/h2-6,8-12,14H,7H2,1H3. The van der Waals surface area contributed by atoms with E-state index in [0.29, 0.717) is 5.92 Å². The van der Waals surface area contributed by atoms with Crippen LogP contribution in [0.2, 0.25) is 0 Å². The number of benzene rings is 2. The Morgan fingerprint density at radius 2 is 2.00 bits per heavy atom. The number of hydrogen-bond acceptors (Lipinski definition) is 1. The highest BCUT2D eigenvalue weighted by Gasteiger charge is 2.16. The minimum absolute atomic E-state index is 0.449. The second kappa shape index (κ2) is 4.38. The van der Waals surface area contributed by atoms with E-state index in [1.54, 1.807) is 0 Å². The molecular weight excluding hydrogens is 244 g/mol. The molecule has 1 unspecified atom stereocenters.